The molecule has 0 radical (unpaired) electrons. The van der Waals surface area contributed by atoms with Crippen molar-refractivity contribution >= 4 is 22.7 Å². The van der Waals surface area contributed by atoms with Crippen LogP contribution in [0.15, 0.2) is 24.3 Å². The molecule has 0 unspecified atom stereocenters. The monoisotopic (exact) mass is 280 g/mol. The van der Waals surface area contributed by atoms with Gasteiger partial charge in [-0.15, -0.1) is 0 Å². The zero-order valence-electron chi connectivity index (χ0n) is 10.7. The molecule has 0 aromatic heterocycles. The molecule has 2 aromatic carbocycles. The minimum absolute atomic E-state index is 0.0715. The Morgan fingerprint density at radius 2 is 1.85 bits per heavy atom. The number of carbonyl (C=O) groups excluding carboxylic acids is 2. The number of ether oxygens (including phenoxy) is 2. The van der Waals surface area contributed by atoms with Gasteiger partial charge in [-0.3, -0.25) is 4.79 Å². The summed E-state index contributed by atoms with van der Waals surface area (Å²) in [7, 11) is 1.18. The molecule has 0 aliphatic carbocycles. The molecule has 0 saturated heterocycles. The molecule has 2 aromatic rings. The molecule has 0 N–H and O–H groups in total. The van der Waals surface area contributed by atoms with Crippen molar-refractivity contribution in [1.29, 1.82) is 0 Å². The quantitative estimate of drug-likeness (QED) is 0.627. The van der Waals surface area contributed by atoms with Crippen LogP contribution in [0.5, 0.6) is 5.75 Å². The van der Waals surface area contributed by atoms with E-state index in [-0.39, 0.29) is 22.1 Å². The molecule has 0 aliphatic rings. The SMILES string of the molecule is COC(=O)c1cc(OC(C)=O)c2c(F)c(F)ccc2c1. The molecular weight excluding hydrogens is 270 g/mol. The highest BCUT2D eigenvalue weighted by atomic mass is 19.2. The molecule has 0 aliphatic heterocycles. The fourth-order valence-corrected chi connectivity index (χ4v) is 1.83. The number of halogens is 2. The number of methoxy groups -OCH3 is 1. The molecular formula is C14H10F2O4. The Morgan fingerprint density at radius 3 is 2.45 bits per heavy atom. The fraction of sp³-hybridized carbons (Fsp3) is 0.143. The Balaban J connectivity index is 2.77. The van der Waals surface area contributed by atoms with Gasteiger partial charge in [0.2, 0.25) is 0 Å². The highest BCUT2D eigenvalue weighted by Crippen LogP contribution is 2.31. The smallest absolute Gasteiger partial charge is 0.338 e. The largest absolute Gasteiger partial charge is 0.465 e. The van der Waals surface area contributed by atoms with Gasteiger partial charge in [0.15, 0.2) is 11.6 Å². The molecule has 20 heavy (non-hydrogen) atoms. The van der Waals surface area contributed by atoms with E-state index in [1.54, 1.807) is 0 Å². The van der Waals surface area contributed by atoms with Gasteiger partial charge in [-0.2, -0.15) is 0 Å². The van der Waals surface area contributed by atoms with E-state index in [4.69, 9.17) is 4.74 Å². The predicted octanol–water partition coefficient (Wildman–Crippen LogP) is 2.83. The Hall–Kier alpha value is -2.50. The van der Waals surface area contributed by atoms with Crippen LogP contribution in [-0.4, -0.2) is 19.0 Å². The zero-order valence-corrected chi connectivity index (χ0v) is 10.7. The van der Waals surface area contributed by atoms with Crippen molar-refractivity contribution in [1.82, 2.24) is 0 Å². The van der Waals surface area contributed by atoms with Crippen LogP contribution in [-0.2, 0) is 9.53 Å². The molecule has 2 rings (SSSR count). The second-order valence-electron chi connectivity index (χ2n) is 4.02. The first-order valence-electron chi connectivity index (χ1n) is 5.62. The van der Waals surface area contributed by atoms with Crippen molar-refractivity contribution in [2.75, 3.05) is 7.11 Å². The minimum Gasteiger partial charge on any atom is -0.465 e. The normalized spacial score (nSPS) is 10.4. The van der Waals surface area contributed by atoms with Crippen LogP contribution in [0.3, 0.4) is 0 Å². The summed E-state index contributed by atoms with van der Waals surface area (Å²) in [4.78, 5) is 22.6. The maximum atomic E-state index is 13.8. The molecule has 0 amide bonds. The van der Waals surface area contributed by atoms with Gasteiger partial charge in [0.05, 0.1) is 18.1 Å². The van der Waals surface area contributed by atoms with Gasteiger partial charge < -0.3 is 9.47 Å². The number of rotatable bonds is 2. The predicted molar refractivity (Wildman–Crippen MR) is 66.5 cm³/mol. The topological polar surface area (TPSA) is 52.6 Å². The van der Waals surface area contributed by atoms with E-state index < -0.39 is 23.6 Å². The van der Waals surface area contributed by atoms with E-state index in [1.165, 1.54) is 19.2 Å². The van der Waals surface area contributed by atoms with Gasteiger partial charge >= 0.3 is 11.9 Å². The average molecular weight is 280 g/mol. The second-order valence-corrected chi connectivity index (χ2v) is 4.02. The van der Waals surface area contributed by atoms with E-state index in [0.717, 1.165) is 19.1 Å². The molecule has 0 atom stereocenters. The summed E-state index contributed by atoms with van der Waals surface area (Å²) in [6, 6.07) is 4.68. The van der Waals surface area contributed by atoms with Crippen molar-refractivity contribution in [2.24, 2.45) is 0 Å². The molecule has 0 spiro atoms. The summed E-state index contributed by atoms with van der Waals surface area (Å²) in [6.07, 6.45) is 0. The lowest BCUT2D eigenvalue weighted by atomic mass is 10.0. The highest BCUT2D eigenvalue weighted by molar-refractivity contribution is 5.99. The zero-order chi connectivity index (χ0) is 14.9. The van der Waals surface area contributed by atoms with Crippen LogP contribution in [0.2, 0.25) is 0 Å². The lowest BCUT2D eigenvalue weighted by Gasteiger charge is -2.10. The average Bonchev–Trinajstić information content (AvgIpc) is 2.41. The molecule has 0 bridgehead atoms. The van der Waals surface area contributed by atoms with Crippen LogP contribution in [0.4, 0.5) is 8.78 Å². The van der Waals surface area contributed by atoms with E-state index in [2.05, 4.69) is 4.74 Å². The number of hydrogen-bond donors (Lipinski definition) is 0. The van der Waals surface area contributed by atoms with Gasteiger partial charge in [0.1, 0.15) is 5.75 Å². The summed E-state index contributed by atoms with van der Waals surface area (Å²) in [5.74, 6) is -3.83. The van der Waals surface area contributed by atoms with E-state index >= 15 is 0 Å². The van der Waals surface area contributed by atoms with Crippen LogP contribution >= 0.6 is 0 Å². The Morgan fingerprint density at radius 1 is 1.15 bits per heavy atom. The molecule has 104 valence electrons. The number of carbonyl (C=O) groups is 2. The third kappa shape index (κ3) is 2.45. The summed E-state index contributed by atoms with van der Waals surface area (Å²) in [5, 5.41) is 0.0240. The summed E-state index contributed by atoms with van der Waals surface area (Å²) < 4.78 is 36.5. The Kier molecular flexibility index (Phi) is 3.65. The van der Waals surface area contributed by atoms with Gasteiger partial charge in [-0.05, 0) is 23.6 Å². The van der Waals surface area contributed by atoms with Gasteiger partial charge in [-0.1, -0.05) is 6.07 Å². The van der Waals surface area contributed by atoms with Crippen LogP contribution in [0.25, 0.3) is 10.8 Å². The number of fused-ring (bicyclic) bond motifs is 1. The van der Waals surface area contributed by atoms with Crippen molar-refractivity contribution < 1.29 is 27.8 Å². The maximum absolute atomic E-state index is 13.8. The molecule has 0 heterocycles. The maximum Gasteiger partial charge on any atom is 0.338 e. The van der Waals surface area contributed by atoms with Gasteiger partial charge in [0, 0.05) is 6.92 Å². The Bertz CT molecular complexity index is 710. The number of esters is 2. The first-order valence-corrected chi connectivity index (χ1v) is 5.62. The van der Waals surface area contributed by atoms with Crippen LogP contribution in [0.1, 0.15) is 17.3 Å². The summed E-state index contributed by atoms with van der Waals surface area (Å²) >= 11 is 0. The lowest BCUT2D eigenvalue weighted by molar-refractivity contribution is -0.131. The molecule has 0 fully saturated rings. The highest BCUT2D eigenvalue weighted by Gasteiger charge is 2.17. The second kappa shape index (κ2) is 5.24. The minimum atomic E-state index is -1.14. The van der Waals surface area contributed by atoms with Gasteiger partial charge in [0.25, 0.3) is 0 Å². The van der Waals surface area contributed by atoms with Gasteiger partial charge in [-0.25, -0.2) is 13.6 Å². The third-order valence-corrected chi connectivity index (χ3v) is 2.65. The number of benzene rings is 2. The van der Waals surface area contributed by atoms with Crippen molar-refractivity contribution in [3.63, 3.8) is 0 Å². The fourth-order valence-electron chi connectivity index (χ4n) is 1.83. The van der Waals surface area contributed by atoms with Crippen molar-refractivity contribution in [3.8, 4) is 5.75 Å². The van der Waals surface area contributed by atoms with Crippen LogP contribution in [0, 0.1) is 11.6 Å². The first kappa shape index (κ1) is 13.9. The third-order valence-electron chi connectivity index (χ3n) is 2.65. The number of hydrogen-bond acceptors (Lipinski definition) is 4. The van der Waals surface area contributed by atoms with Crippen LogP contribution < -0.4 is 4.74 Å². The molecule has 0 saturated carbocycles. The first-order chi connectivity index (χ1) is 9.43. The standard InChI is InChI=1S/C14H10F2O4/c1-7(17)20-11-6-9(14(18)19-2)5-8-3-4-10(15)13(16)12(8)11/h3-6H,1-2H3. The summed E-state index contributed by atoms with van der Waals surface area (Å²) in [5.41, 5.74) is 0.0715. The lowest BCUT2D eigenvalue weighted by Crippen LogP contribution is -2.06. The summed E-state index contributed by atoms with van der Waals surface area (Å²) in [6.45, 7) is 1.12. The molecule has 6 heteroatoms. The van der Waals surface area contributed by atoms with E-state index in [9.17, 15) is 18.4 Å². The van der Waals surface area contributed by atoms with Crippen molar-refractivity contribution in [2.45, 2.75) is 6.92 Å². The molecule has 4 nitrogen and oxygen atoms in total. The van der Waals surface area contributed by atoms with Crippen molar-refractivity contribution in [3.05, 3.63) is 41.5 Å². The van der Waals surface area contributed by atoms with E-state index in [0.29, 0.717) is 0 Å². The van der Waals surface area contributed by atoms with E-state index in [1.807, 2.05) is 0 Å². The Labute approximate surface area is 112 Å².